The van der Waals surface area contributed by atoms with Crippen molar-refractivity contribution < 1.29 is 0 Å². The van der Waals surface area contributed by atoms with Gasteiger partial charge in [0.1, 0.15) is 0 Å². The summed E-state index contributed by atoms with van der Waals surface area (Å²) in [6.45, 7) is 4.38. The van der Waals surface area contributed by atoms with Gasteiger partial charge in [0.15, 0.2) is 0 Å². The molecule has 0 saturated heterocycles. The molecular weight excluding hydrogens is 110 g/mol. The highest BCUT2D eigenvalue weighted by atomic mass is 14.6. The van der Waals surface area contributed by atoms with Gasteiger partial charge >= 0.3 is 0 Å². The summed E-state index contributed by atoms with van der Waals surface area (Å²) in [5.41, 5.74) is 5.82. The molecule has 0 spiro atoms. The van der Waals surface area contributed by atoms with Crippen LogP contribution in [0.15, 0.2) is 12.2 Å². The molecule has 0 aromatic rings. The largest absolute Gasteiger partial charge is 0.327 e. The highest BCUT2D eigenvalue weighted by Gasteiger charge is 2.16. The average molecular weight is 125 g/mol. The molecule has 0 heterocycles. The molecule has 1 heteroatoms. The zero-order valence-corrected chi connectivity index (χ0v) is 6.17. The Labute approximate surface area is 56.9 Å². The van der Waals surface area contributed by atoms with Gasteiger partial charge in [-0.15, -0.1) is 0 Å². The maximum Gasteiger partial charge on any atom is 0.0105 e. The molecule has 0 aromatic carbocycles. The van der Waals surface area contributed by atoms with E-state index >= 15 is 0 Å². The average Bonchev–Trinajstić information content (AvgIpc) is 1.80. The topological polar surface area (TPSA) is 26.0 Å². The number of rotatable bonds is 0. The van der Waals surface area contributed by atoms with E-state index in [1.807, 2.05) is 0 Å². The molecule has 3 unspecified atom stereocenters. The number of allylic oxidation sites excluding steroid dienone is 1. The van der Waals surface area contributed by atoms with Crippen LogP contribution in [0.5, 0.6) is 0 Å². The molecule has 52 valence electrons. The molecule has 0 aromatic heterocycles. The first-order chi connectivity index (χ1) is 4.20. The molecular formula is C8H15N. The predicted octanol–water partition coefficient (Wildman–Crippen LogP) is 1.55. The van der Waals surface area contributed by atoms with Crippen molar-refractivity contribution in [2.45, 2.75) is 26.3 Å². The smallest absolute Gasteiger partial charge is 0.0105 e. The third kappa shape index (κ3) is 1.55. The molecule has 1 aliphatic rings. The fourth-order valence-electron chi connectivity index (χ4n) is 1.23. The van der Waals surface area contributed by atoms with Crippen molar-refractivity contribution in [3.63, 3.8) is 0 Å². The van der Waals surface area contributed by atoms with Crippen molar-refractivity contribution >= 4 is 0 Å². The quantitative estimate of drug-likeness (QED) is 0.488. The minimum atomic E-state index is 0.394. The second-order valence-electron chi connectivity index (χ2n) is 3.12. The summed E-state index contributed by atoms with van der Waals surface area (Å²) in [6.07, 6.45) is 5.63. The highest BCUT2D eigenvalue weighted by Crippen LogP contribution is 2.19. The van der Waals surface area contributed by atoms with Crippen LogP contribution in [-0.4, -0.2) is 6.04 Å². The van der Waals surface area contributed by atoms with Crippen molar-refractivity contribution in [2.75, 3.05) is 0 Å². The Kier molecular flexibility index (Phi) is 1.91. The van der Waals surface area contributed by atoms with Crippen LogP contribution < -0.4 is 5.73 Å². The van der Waals surface area contributed by atoms with Gasteiger partial charge in [-0.3, -0.25) is 0 Å². The van der Waals surface area contributed by atoms with Crippen LogP contribution >= 0.6 is 0 Å². The standard InChI is InChI=1S/C8H15N/c1-6-3-4-7(2)8(9)5-6/h3-4,6-8H,5,9H2,1-2H3. The first-order valence-electron chi connectivity index (χ1n) is 3.64. The third-order valence-electron chi connectivity index (χ3n) is 2.06. The fourth-order valence-corrected chi connectivity index (χ4v) is 1.23. The van der Waals surface area contributed by atoms with E-state index in [4.69, 9.17) is 5.73 Å². The molecule has 1 aliphatic carbocycles. The van der Waals surface area contributed by atoms with Crippen LogP contribution in [0.1, 0.15) is 20.3 Å². The van der Waals surface area contributed by atoms with Gasteiger partial charge in [0, 0.05) is 6.04 Å². The van der Waals surface area contributed by atoms with Gasteiger partial charge in [0.25, 0.3) is 0 Å². The number of nitrogens with two attached hydrogens (primary N) is 1. The van der Waals surface area contributed by atoms with Crippen molar-refractivity contribution in [1.82, 2.24) is 0 Å². The molecule has 0 saturated carbocycles. The van der Waals surface area contributed by atoms with Gasteiger partial charge in [-0.2, -0.15) is 0 Å². The lowest BCUT2D eigenvalue weighted by atomic mass is 9.87. The Balaban J connectivity index is 2.54. The number of hydrogen-bond donors (Lipinski definition) is 1. The van der Waals surface area contributed by atoms with Crippen LogP contribution in [0, 0.1) is 11.8 Å². The van der Waals surface area contributed by atoms with Gasteiger partial charge in [-0.05, 0) is 18.3 Å². The molecule has 0 radical (unpaired) electrons. The molecule has 0 fully saturated rings. The van der Waals surface area contributed by atoms with Gasteiger partial charge < -0.3 is 5.73 Å². The molecule has 0 amide bonds. The van der Waals surface area contributed by atoms with Crippen LogP contribution in [0.25, 0.3) is 0 Å². The van der Waals surface area contributed by atoms with E-state index < -0.39 is 0 Å². The molecule has 0 bridgehead atoms. The molecule has 1 rings (SSSR count). The first-order valence-corrected chi connectivity index (χ1v) is 3.64. The Hall–Kier alpha value is -0.300. The lowest BCUT2D eigenvalue weighted by molar-refractivity contribution is 0.428. The minimum Gasteiger partial charge on any atom is -0.327 e. The van der Waals surface area contributed by atoms with Gasteiger partial charge in [0.05, 0.1) is 0 Å². The summed E-state index contributed by atoms with van der Waals surface area (Å²) in [5, 5.41) is 0. The molecule has 9 heavy (non-hydrogen) atoms. The van der Waals surface area contributed by atoms with Gasteiger partial charge in [-0.1, -0.05) is 26.0 Å². The summed E-state index contributed by atoms with van der Waals surface area (Å²) in [4.78, 5) is 0. The fraction of sp³-hybridized carbons (Fsp3) is 0.750. The Morgan fingerprint density at radius 2 is 2.00 bits per heavy atom. The first kappa shape index (κ1) is 6.81. The summed E-state index contributed by atoms with van der Waals surface area (Å²) >= 11 is 0. The zero-order valence-electron chi connectivity index (χ0n) is 6.17. The SMILES string of the molecule is CC1C=CC(C)C(N)C1. The third-order valence-corrected chi connectivity index (χ3v) is 2.06. The second-order valence-corrected chi connectivity index (χ2v) is 3.12. The second kappa shape index (κ2) is 2.53. The minimum absolute atomic E-state index is 0.394. The van der Waals surface area contributed by atoms with Crippen LogP contribution in [0.2, 0.25) is 0 Å². The van der Waals surface area contributed by atoms with E-state index in [2.05, 4.69) is 26.0 Å². The highest BCUT2D eigenvalue weighted by molar-refractivity contribution is 5.00. The Morgan fingerprint density at radius 3 is 2.44 bits per heavy atom. The normalized spacial score (nSPS) is 43.2. The van der Waals surface area contributed by atoms with E-state index in [1.165, 1.54) is 0 Å². The van der Waals surface area contributed by atoms with E-state index in [-0.39, 0.29) is 0 Å². The lowest BCUT2D eigenvalue weighted by Crippen LogP contribution is -2.31. The summed E-state index contributed by atoms with van der Waals surface area (Å²) in [7, 11) is 0. The van der Waals surface area contributed by atoms with Gasteiger partial charge in [-0.25, -0.2) is 0 Å². The Morgan fingerprint density at radius 1 is 1.33 bits per heavy atom. The van der Waals surface area contributed by atoms with Crippen LogP contribution in [0.4, 0.5) is 0 Å². The molecule has 2 N–H and O–H groups in total. The van der Waals surface area contributed by atoms with Gasteiger partial charge in [0.2, 0.25) is 0 Å². The maximum absolute atomic E-state index is 5.82. The summed E-state index contributed by atoms with van der Waals surface area (Å²) in [5.74, 6) is 1.28. The van der Waals surface area contributed by atoms with Crippen molar-refractivity contribution in [1.29, 1.82) is 0 Å². The number of hydrogen-bond acceptors (Lipinski definition) is 1. The summed E-state index contributed by atoms with van der Waals surface area (Å²) < 4.78 is 0. The van der Waals surface area contributed by atoms with Crippen molar-refractivity contribution in [2.24, 2.45) is 17.6 Å². The molecule has 1 nitrogen and oxygen atoms in total. The molecule has 0 aliphatic heterocycles. The van der Waals surface area contributed by atoms with Crippen LogP contribution in [-0.2, 0) is 0 Å². The van der Waals surface area contributed by atoms with E-state index in [1.54, 1.807) is 0 Å². The van der Waals surface area contributed by atoms with E-state index in [0.717, 1.165) is 6.42 Å². The predicted molar refractivity (Wildman–Crippen MR) is 40.1 cm³/mol. The summed E-state index contributed by atoms with van der Waals surface area (Å²) in [6, 6.07) is 0.394. The maximum atomic E-state index is 5.82. The van der Waals surface area contributed by atoms with Crippen molar-refractivity contribution in [3.05, 3.63) is 12.2 Å². The van der Waals surface area contributed by atoms with E-state index in [0.29, 0.717) is 17.9 Å². The zero-order chi connectivity index (χ0) is 6.85. The van der Waals surface area contributed by atoms with Crippen molar-refractivity contribution in [3.8, 4) is 0 Å². The van der Waals surface area contributed by atoms with E-state index in [9.17, 15) is 0 Å². The monoisotopic (exact) mass is 125 g/mol. The van der Waals surface area contributed by atoms with Crippen LogP contribution in [0.3, 0.4) is 0 Å². The molecule has 3 atom stereocenters. The lowest BCUT2D eigenvalue weighted by Gasteiger charge is -2.23. The Bertz CT molecular complexity index is 118.